The maximum atomic E-state index is 12.4. The minimum Gasteiger partial charge on any atom is -0.459 e. The Balaban J connectivity index is 1.36. The van der Waals surface area contributed by atoms with Gasteiger partial charge in [-0.3, -0.25) is 4.79 Å². The Hall–Kier alpha value is -3.35. The Bertz CT molecular complexity index is 933. The van der Waals surface area contributed by atoms with Crippen LogP contribution in [0.1, 0.15) is 21.7 Å². The highest BCUT2D eigenvalue weighted by atomic mass is 16.3. The third-order valence-corrected chi connectivity index (χ3v) is 4.95. The molecule has 1 aromatic carbocycles. The van der Waals surface area contributed by atoms with Crippen molar-refractivity contribution in [3.8, 4) is 0 Å². The van der Waals surface area contributed by atoms with Crippen LogP contribution >= 0.6 is 0 Å². The van der Waals surface area contributed by atoms with Crippen LogP contribution < -0.4 is 10.2 Å². The lowest BCUT2D eigenvalue weighted by Crippen LogP contribution is -2.49. The number of carbonyl (C=O) groups is 1. The van der Waals surface area contributed by atoms with Gasteiger partial charge in [-0.15, -0.1) is 0 Å². The molecular formula is C21H23N5O2. The normalized spacial score (nSPS) is 14.2. The fourth-order valence-corrected chi connectivity index (χ4v) is 3.26. The van der Waals surface area contributed by atoms with Gasteiger partial charge in [-0.05, 0) is 36.2 Å². The van der Waals surface area contributed by atoms with Crippen molar-refractivity contribution in [1.82, 2.24) is 14.9 Å². The number of piperazine rings is 1. The van der Waals surface area contributed by atoms with Crippen LogP contribution in [0.15, 0.2) is 59.3 Å². The fourth-order valence-electron chi connectivity index (χ4n) is 3.26. The summed E-state index contributed by atoms with van der Waals surface area (Å²) in [6.45, 7) is 5.43. The second kappa shape index (κ2) is 8.12. The van der Waals surface area contributed by atoms with E-state index in [2.05, 4.69) is 39.2 Å². The average Bonchev–Trinajstić information content (AvgIpc) is 3.28. The van der Waals surface area contributed by atoms with Crippen molar-refractivity contribution in [2.45, 2.75) is 13.5 Å². The van der Waals surface area contributed by atoms with E-state index in [0.717, 1.165) is 5.82 Å². The summed E-state index contributed by atoms with van der Waals surface area (Å²) in [6, 6.07) is 13.6. The summed E-state index contributed by atoms with van der Waals surface area (Å²) in [6.07, 6.45) is 3.29. The highest BCUT2D eigenvalue weighted by molar-refractivity contribution is 5.91. The zero-order valence-electron chi connectivity index (χ0n) is 15.8. The highest BCUT2D eigenvalue weighted by Crippen LogP contribution is 2.16. The second-order valence-corrected chi connectivity index (χ2v) is 6.78. The minimum absolute atomic E-state index is 0.0702. The molecule has 0 unspecified atom stereocenters. The van der Waals surface area contributed by atoms with Gasteiger partial charge in [-0.1, -0.05) is 24.3 Å². The topological polar surface area (TPSA) is 74.5 Å². The smallest absolute Gasteiger partial charge is 0.289 e. The number of furan rings is 1. The predicted molar refractivity (Wildman–Crippen MR) is 107 cm³/mol. The van der Waals surface area contributed by atoms with Crippen molar-refractivity contribution in [3.63, 3.8) is 0 Å². The molecule has 0 saturated carbocycles. The maximum absolute atomic E-state index is 12.4. The molecule has 2 aromatic heterocycles. The first kappa shape index (κ1) is 18.0. The molecule has 28 heavy (non-hydrogen) atoms. The number of aromatic nitrogens is 2. The third kappa shape index (κ3) is 3.98. The first-order chi connectivity index (χ1) is 13.7. The number of nitrogens with zero attached hydrogens (tertiary/aromatic N) is 4. The summed E-state index contributed by atoms with van der Waals surface area (Å²) in [5.41, 5.74) is 2.49. The molecule has 0 aliphatic carbocycles. The number of hydrogen-bond donors (Lipinski definition) is 1. The summed E-state index contributed by atoms with van der Waals surface area (Å²) in [5, 5.41) is 3.37. The fraction of sp³-hybridized carbons (Fsp3) is 0.286. The molecule has 4 rings (SSSR count). The lowest BCUT2D eigenvalue weighted by Gasteiger charge is -2.34. The van der Waals surface area contributed by atoms with Gasteiger partial charge in [-0.25, -0.2) is 4.98 Å². The molecule has 1 N–H and O–H groups in total. The van der Waals surface area contributed by atoms with Crippen LogP contribution in [-0.4, -0.2) is 47.0 Å². The van der Waals surface area contributed by atoms with E-state index >= 15 is 0 Å². The van der Waals surface area contributed by atoms with Gasteiger partial charge in [-0.2, -0.15) is 4.98 Å². The molecule has 0 atom stereocenters. The molecule has 0 radical (unpaired) electrons. The van der Waals surface area contributed by atoms with E-state index in [4.69, 9.17) is 4.42 Å². The number of carbonyl (C=O) groups excluding carboxylic acids is 1. The predicted octanol–water partition coefficient (Wildman–Crippen LogP) is 2.95. The average molecular weight is 377 g/mol. The first-order valence-corrected chi connectivity index (χ1v) is 9.40. The number of hydrogen-bond acceptors (Lipinski definition) is 6. The Morgan fingerprint density at radius 2 is 1.93 bits per heavy atom. The molecule has 0 bridgehead atoms. The molecule has 0 spiro atoms. The van der Waals surface area contributed by atoms with Crippen molar-refractivity contribution >= 4 is 17.7 Å². The van der Waals surface area contributed by atoms with Crippen molar-refractivity contribution in [1.29, 1.82) is 0 Å². The van der Waals surface area contributed by atoms with Gasteiger partial charge in [0.05, 0.1) is 6.26 Å². The Morgan fingerprint density at radius 1 is 1.11 bits per heavy atom. The Morgan fingerprint density at radius 3 is 2.68 bits per heavy atom. The number of aryl methyl sites for hydroxylation is 1. The second-order valence-electron chi connectivity index (χ2n) is 6.78. The van der Waals surface area contributed by atoms with E-state index in [-0.39, 0.29) is 5.91 Å². The zero-order chi connectivity index (χ0) is 19.3. The van der Waals surface area contributed by atoms with Gasteiger partial charge < -0.3 is 19.5 Å². The van der Waals surface area contributed by atoms with Crippen molar-refractivity contribution in [3.05, 3.63) is 71.8 Å². The van der Waals surface area contributed by atoms with E-state index in [0.29, 0.717) is 44.4 Å². The van der Waals surface area contributed by atoms with Crippen molar-refractivity contribution in [2.24, 2.45) is 0 Å². The van der Waals surface area contributed by atoms with Gasteiger partial charge in [0.1, 0.15) is 5.82 Å². The molecule has 3 heterocycles. The number of benzene rings is 1. The lowest BCUT2D eigenvalue weighted by molar-refractivity contribution is 0.0714. The summed E-state index contributed by atoms with van der Waals surface area (Å²) < 4.78 is 5.21. The van der Waals surface area contributed by atoms with Gasteiger partial charge in [0.2, 0.25) is 5.95 Å². The number of rotatable bonds is 5. The summed E-state index contributed by atoms with van der Waals surface area (Å²) in [7, 11) is 0. The quantitative estimate of drug-likeness (QED) is 0.737. The van der Waals surface area contributed by atoms with Gasteiger partial charge in [0.25, 0.3) is 5.91 Å². The summed E-state index contributed by atoms with van der Waals surface area (Å²) in [5.74, 6) is 1.79. The van der Waals surface area contributed by atoms with Crippen LogP contribution in [0, 0.1) is 6.92 Å². The molecule has 144 valence electrons. The first-order valence-electron chi connectivity index (χ1n) is 9.40. The summed E-state index contributed by atoms with van der Waals surface area (Å²) >= 11 is 0. The molecule has 1 saturated heterocycles. The zero-order valence-corrected chi connectivity index (χ0v) is 15.8. The molecule has 7 nitrogen and oxygen atoms in total. The van der Waals surface area contributed by atoms with Crippen LogP contribution in [0.3, 0.4) is 0 Å². The molecule has 7 heteroatoms. The minimum atomic E-state index is -0.0702. The maximum Gasteiger partial charge on any atom is 0.289 e. The molecular weight excluding hydrogens is 354 g/mol. The van der Waals surface area contributed by atoms with Gasteiger partial charge in [0.15, 0.2) is 5.76 Å². The highest BCUT2D eigenvalue weighted by Gasteiger charge is 2.24. The molecule has 1 fully saturated rings. The molecule has 1 amide bonds. The van der Waals surface area contributed by atoms with E-state index < -0.39 is 0 Å². The van der Waals surface area contributed by atoms with Gasteiger partial charge >= 0.3 is 0 Å². The number of nitrogens with one attached hydrogen (secondary N) is 1. The SMILES string of the molecule is Cc1ccccc1CNc1ccnc(N2CCN(C(=O)c3ccco3)CC2)n1. The lowest BCUT2D eigenvalue weighted by atomic mass is 10.1. The molecule has 1 aliphatic rings. The van der Waals surface area contributed by atoms with Crippen LogP contribution in [0.4, 0.5) is 11.8 Å². The van der Waals surface area contributed by atoms with Crippen molar-refractivity contribution in [2.75, 3.05) is 36.4 Å². The van der Waals surface area contributed by atoms with E-state index in [9.17, 15) is 4.79 Å². The van der Waals surface area contributed by atoms with Crippen LogP contribution in [0.25, 0.3) is 0 Å². The summed E-state index contributed by atoms with van der Waals surface area (Å²) in [4.78, 5) is 25.3. The van der Waals surface area contributed by atoms with E-state index in [1.807, 2.05) is 18.2 Å². The van der Waals surface area contributed by atoms with E-state index in [1.54, 1.807) is 23.2 Å². The van der Waals surface area contributed by atoms with Crippen LogP contribution in [-0.2, 0) is 6.54 Å². The van der Waals surface area contributed by atoms with E-state index in [1.165, 1.54) is 17.4 Å². The Kier molecular flexibility index (Phi) is 5.23. The van der Waals surface area contributed by atoms with Crippen LogP contribution in [0.5, 0.6) is 0 Å². The Labute approximate surface area is 164 Å². The third-order valence-electron chi connectivity index (χ3n) is 4.95. The largest absolute Gasteiger partial charge is 0.459 e. The van der Waals surface area contributed by atoms with Gasteiger partial charge in [0, 0.05) is 38.9 Å². The monoisotopic (exact) mass is 377 g/mol. The van der Waals surface area contributed by atoms with Crippen molar-refractivity contribution < 1.29 is 9.21 Å². The number of anilines is 2. The molecule has 1 aliphatic heterocycles. The standard InChI is InChI=1S/C21H23N5O2/c1-16-5-2-3-6-17(16)15-23-19-8-9-22-21(24-19)26-12-10-25(11-13-26)20(27)18-7-4-14-28-18/h2-9,14H,10-13,15H2,1H3,(H,22,23,24). The number of amides is 1. The molecule has 3 aromatic rings. The van der Waals surface area contributed by atoms with Crippen LogP contribution in [0.2, 0.25) is 0 Å².